The summed E-state index contributed by atoms with van der Waals surface area (Å²) in [7, 11) is -3.85. The normalized spacial score (nSPS) is 18.4. The zero-order valence-corrected chi connectivity index (χ0v) is 13.2. The monoisotopic (exact) mass is 311 g/mol. The second-order valence-electron chi connectivity index (χ2n) is 5.82. The summed E-state index contributed by atoms with van der Waals surface area (Å²) in [4.78, 5) is 11.8. The highest BCUT2D eigenvalue weighted by atomic mass is 32.2. The van der Waals surface area contributed by atoms with Crippen LogP contribution in [-0.4, -0.2) is 25.0 Å². The fourth-order valence-electron chi connectivity index (χ4n) is 2.82. The van der Waals surface area contributed by atoms with Crippen molar-refractivity contribution in [3.8, 4) is 0 Å². The van der Waals surface area contributed by atoms with Gasteiger partial charge in [0.25, 0.3) is 0 Å². The van der Waals surface area contributed by atoms with E-state index in [4.69, 9.17) is 0 Å². The molecule has 1 aromatic rings. The van der Waals surface area contributed by atoms with E-state index in [2.05, 4.69) is 4.72 Å². The van der Waals surface area contributed by atoms with Crippen molar-refractivity contribution in [3.05, 3.63) is 29.3 Å². The number of sulfonamides is 1. The van der Waals surface area contributed by atoms with Gasteiger partial charge in [-0.3, -0.25) is 4.79 Å². The van der Waals surface area contributed by atoms with E-state index in [1.165, 1.54) is 0 Å². The average molecular weight is 311 g/mol. The summed E-state index contributed by atoms with van der Waals surface area (Å²) in [5.41, 5.74) is 0.0752. The largest absolute Gasteiger partial charge is 0.480 e. The summed E-state index contributed by atoms with van der Waals surface area (Å²) in [5.74, 6) is -1.09. The standard InChI is InChI=1S/C15H21NO4S/c1-11-6-7-12(2)13(10-11)21(19,20)16-15(14(17)18)8-4-3-5-9-15/h6-7,10,16H,3-5,8-9H2,1-2H3,(H,17,18). The Bertz CT molecular complexity index is 646. The first kappa shape index (κ1) is 16.0. The number of benzene rings is 1. The van der Waals surface area contributed by atoms with Crippen molar-refractivity contribution < 1.29 is 18.3 Å². The first-order valence-corrected chi connectivity index (χ1v) is 8.60. The third-order valence-electron chi connectivity index (χ3n) is 4.08. The van der Waals surface area contributed by atoms with Crippen LogP contribution in [0.25, 0.3) is 0 Å². The summed E-state index contributed by atoms with van der Waals surface area (Å²) < 4.78 is 27.7. The summed E-state index contributed by atoms with van der Waals surface area (Å²) in [5, 5.41) is 9.50. The molecular weight excluding hydrogens is 290 g/mol. The highest BCUT2D eigenvalue weighted by molar-refractivity contribution is 7.89. The lowest BCUT2D eigenvalue weighted by Crippen LogP contribution is -2.55. The van der Waals surface area contributed by atoms with Crippen molar-refractivity contribution in [2.75, 3.05) is 0 Å². The van der Waals surface area contributed by atoms with Crippen molar-refractivity contribution in [1.82, 2.24) is 4.72 Å². The first-order chi connectivity index (χ1) is 9.77. The molecule has 0 amide bonds. The Kier molecular flexibility index (Phi) is 4.39. The van der Waals surface area contributed by atoms with Crippen molar-refractivity contribution in [2.24, 2.45) is 0 Å². The van der Waals surface area contributed by atoms with E-state index in [0.29, 0.717) is 18.4 Å². The van der Waals surface area contributed by atoms with Crippen molar-refractivity contribution in [3.63, 3.8) is 0 Å². The number of carboxylic acids is 1. The van der Waals surface area contributed by atoms with Gasteiger partial charge in [-0.25, -0.2) is 8.42 Å². The molecule has 0 radical (unpaired) electrons. The van der Waals surface area contributed by atoms with Crippen LogP contribution in [0.5, 0.6) is 0 Å². The van der Waals surface area contributed by atoms with E-state index < -0.39 is 21.5 Å². The van der Waals surface area contributed by atoms with Gasteiger partial charge >= 0.3 is 5.97 Å². The van der Waals surface area contributed by atoms with Crippen molar-refractivity contribution in [2.45, 2.75) is 56.4 Å². The summed E-state index contributed by atoms with van der Waals surface area (Å²) >= 11 is 0. The zero-order chi connectivity index (χ0) is 15.7. The fourth-order valence-corrected chi connectivity index (χ4v) is 4.57. The lowest BCUT2D eigenvalue weighted by Gasteiger charge is -2.33. The number of hydrogen-bond acceptors (Lipinski definition) is 3. The van der Waals surface area contributed by atoms with E-state index in [0.717, 1.165) is 24.8 Å². The van der Waals surface area contributed by atoms with Gasteiger partial charge in [0, 0.05) is 0 Å². The Morgan fingerprint density at radius 1 is 1.19 bits per heavy atom. The van der Waals surface area contributed by atoms with Crippen LogP contribution in [0.2, 0.25) is 0 Å². The Balaban J connectivity index is 2.39. The Morgan fingerprint density at radius 2 is 1.81 bits per heavy atom. The molecule has 0 saturated heterocycles. The van der Waals surface area contributed by atoms with Crippen molar-refractivity contribution >= 4 is 16.0 Å². The molecule has 21 heavy (non-hydrogen) atoms. The van der Waals surface area contributed by atoms with Gasteiger partial charge in [0.2, 0.25) is 10.0 Å². The SMILES string of the molecule is Cc1ccc(C)c(S(=O)(=O)NC2(C(=O)O)CCCCC2)c1. The first-order valence-electron chi connectivity index (χ1n) is 7.11. The quantitative estimate of drug-likeness (QED) is 0.894. The zero-order valence-electron chi connectivity index (χ0n) is 12.3. The van der Waals surface area contributed by atoms with Crippen molar-refractivity contribution in [1.29, 1.82) is 0 Å². The molecular formula is C15H21NO4S. The van der Waals surface area contributed by atoms with Crippen LogP contribution in [0.1, 0.15) is 43.2 Å². The molecule has 5 nitrogen and oxygen atoms in total. The maximum Gasteiger partial charge on any atom is 0.324 e. The Morgan fingerprint density at radius 3 is 2.38 bits per heavy atom. The molecule has 0 aromatic heterocycles. The minimum Gasteiger partial charge on any atom is -0.480 e. The fraction of sp³-hybridized carbons (Fsp3) is 0.533. The number of aliphatic carboxylic acids is 1. The molecule has 1 aliphatic rings. The molecule has 1 fully saturated rings. The van der Waals surface area contributed by atoms with E-state index in [1.54, 1.807) is 19.1 Å². The highest BCUT2D eigenvalue weighted by Gasteiger charge is 2.43. The molecule has 2 N–H and O–H groups in total. The smallest absolute Gasteiger partial charge is 0.324 e. The van der Waals surface area contributed by atoms with Crippen LogP contribution in [0.15, 0.2) is 23.1 Å². The number of hydrogen-bond donors (Lipinski definition) is 2. The van der Waals surface area contributed by atoms with Gasteiger partial charge in [0.15, 0.2) is 0 Å². The van der Waals surface area contributed by atoms with E-state index >= 15 is 0 Å². The second kappa shape index (κ2) is 5.77. The Labute approximate surface area is 125 Å². The summed E-state index contributed by atoms with van der Waals surface area (Å²) in [6.07, 6.45) is 3.07. The summed E-state index contributed by atoms with van der Waals surface area (Å²) in [6, 6.07) is 5.15. The molecule has 1 saturated carbocycles. The maximum atomic E-state index is 12.6. The minimum atomic E-state index is -3.85. The van der Waals surface area contributed by atoms with Gasteiger partial charge < -0.3 is 5.11 Å². The van der Waals surface area contributed by atoms with Gasteiger partial charge in [-0.15, -0.1) is 0 Å². The maximum absolute atomic E-state index is 12.6. The van der Waals surface area contributed by atoms with Crippen LogP contribution in [-0.2, 0) is 14.8 Å². The lowest BCUT2D eigenvalue weighted by molar-refractivity contribution is -0.145. The van der Waals surface area contributed by atoms with Gasteiger partial charge in [-0.1, -0.05) is 31.4 Å². The van der Waals surface area contributed by atoms with E-state index in [-0.39, 0.29) is 4.90 Å². The molecule has 0 heterocycles. The average Bonchev–Trinajstić information content (AvgIpc) is 2.42. The molecule has 0 bridgehead atoms. The third-order valence-corrected chi connectivity index (χ3v) is 5.76. The van der Waals surface area contributed by atoms with E-state index in [1.807, 2.05) is 13.0 Å². The lowest BCUT2D eigenvalue weighted by atomic mass is 9.83. The van der Waals surface area contributed by atoms with Crippen LogP contribution >= 0.6 is 0 Å². The number of carbonyl (C=O) groups is 1. The molecule has 0 unspecified atom stereocenters. The van der Waals surface area contributed by atoms with Gasteiger partial charge in [0.05, 0.1) is 4.90 Å². The molecule has 0 atom stereocenters. The molecule has 116 valence electrons. The van der Waals surface area contributed by atoms with Crippen LogP contribution in [0.3, 0.4) is 0 Å². The highest BCUT2D eigenvalue weighted by Crippen LogP contribution is 2.30. The van der Waals surface area contributed by atoms with Gasteiger partial charge in [-0.2, -0.15) is 4.72 Å². The molecule has 2 rings (SSSR count). The second-order valence-corrected chi connectivity index (χ2v) is 7.47. The minimum absolute atomic E-state index is 0.161. The number of aryl methyl sites for hydroxylation is 2. The van der Waals surface area contributed by atoms with Crippen LogP contribution in [0, 0.1) is 13.8 Å². The third kappa shape index (κ3) is 3.27. The number of carboxylic acid groups (broad SMARTS) is 1. The number of nitrogens with one attached hydrogen (secondary N) is 1. The predicted octanol–water partition coefficient (Wildman–Crippen LogP) is 2.37. The molecule has 0 spiro atoms. The predicted molar refractivity (Wildman–Crippen MR) is 79.7 cm³/mol. The Hall–Kier alpha value is -1.40. The summed E-state index contributed by atoms with van der Waals surface area (Å²) in [6.45, 7) is 3.52. The molecule has 0 aliphatic heterocycles. The van der Waals surface area contributed by atoms with Crippen LogP contribution < -0.4 is 4.72 Å². The molecule has 6 heteroatoms. The van der Waals surface area contributed by atoms with Gasteiger partial charge in [-0.05, 0) is 43.9 Å². The molecule has 1 aromatic carbocycles. The molecule has 1 aliphatic carbocycles. The van der Waals surface area contributed by atoms with Gasteiger partial charge in [0.1, 0.15) is 5.54 Å². The number of rotatable bonds is 4. The van der Waals surface area contributed by atoms with Crippen LogP contribution in [0.4, 0.5) is 0 Å². The van der Waals surface area contributed by atoms with E-state index in [9.17, 15) is 18.3 Å². The topological polar surface area (TPSA) is 83.5 Å².